The van der Waals surface area contributed by atoms with Crippen molar-refractivity contribution in [2.24, 2.45) is 0 Å². The van der Waals surface area contributed by atoms with Crippen molar-refractivity contribution in [3.63, 3.8) is 0 Å². The van der Waals surface area contributed by atoms with Gasteiger partial charge in [0, 0.05) is 11.2 Å². The van der Waals surface area contributed by atoms with Gasteiger partial charge in [-0.25, -0.2) is 8.78 Å². The summed E-state index contributed by atoms with van der Waals surface area (Å²) >= 11 is 5.05. The van der Waals surface area contributed by atoms with Crippen LogP contribution in [0.1, 0.15) is 18.9 Å². The summed E-state index contributed by atoms with van der Waals surface area (Å²) in [6.07, 6.45) is 5.65. The van der Waals surface area contributed by atoms with Gasteiger partial charge in [-0.2, -0.15) is 0 Å². The maximum Gasteiger partial charge on any atom is 0.246 e. The highest BCUT2D eigenvalue weighted by Gasteiger charge is 2.41. The highest BCUT2D eigenvalue weighted by Crippen LogP contribution is 2.49. The van der Waals surface area contributed by atoms with Gasteiger partial charge in [0.05, 0.1) is 4.75 Å². The Labute approximate surface area is 125 Å². The third kappa shape index (κ3) is 3.48. The van der Waals surface area contributed by atoms with Crippen molar-refractivity contribution in [3.05, 3.63) is 59.5 Å². The maximum atomic E-state index is 13.3. The van der Waals surface area contributed by atoms with E-state index in [1.807, 2.05) is 54.0 Å². The fraction of sp³-hybridized carbons (Fsp3) is 0.333. The second-order valence-electron chi connectivity index (χ2n) is 4.71. The summed E-state index contributed by atoms with van der Waals surface area (Å²) in [6, 6.07) is 9.78. The fourth-order valence-corrected chi connectivity index (χ4v) is 4.49. The molecule has 1 heterocycles. The Bertz CT molecular complexity index is 479. The third-order valence-corrected chi connectivity index (χ3v) is 5.71. The maximum absolute atomic E-state index is 13.3. The van der Waals surface area contributed by atoms with Crippen LogP contribution in [0.4, 0.5) is 8.78 Å². The molecule has 0 fully saturated rings. The lowest BCUT2D eigenvalue weighted by atomic mass is 9.91. The van der Waals surface area contributed by atoms with Crippen LogP contribution in [0, 0.1) is 0 Å². The van der Waals surface area contributed by atoms with E-state index in [4.69, 9.17) is 0 Å². The van der Waals surface area contributed by atoms with Crippen LogP contribution in [0.5, 0.6) is 0 Å². The Kier molecular flexibility index (Phi) is 4.51. The predicted molar refractivity (Wildman–Crippen MR) is 81.9 cm³/mol. The van der Waals surface area contributed by atoms with Crippen LogP contribution in [0.2, 0.25) is 0 Å². The first-order valence-corrected chi connectivity index (χ1v) is 7.83. The van der Waals surface area contributed by atoms with Gasteiger partial charge < -0.3 is 0 Å². The normalized spacial score (nSPS) is 24.4. The molecule has 1 aromatic rings. The molecule has 2 rings (SSSR count). The molecule has 0 N–H and O–H groups in total. The number of allylic oxidation sites excluding steroid dienone is 2. The first-order valence-electron chi connectivity index (χ1n) is 6.04. The lowest BCUT2D eigenvalue weighted by Gasteiger charge is -2.36. The van der Waals surface area contributed by atoms with Crippen LogP contribution in [-0.2, 0) is 4.75 Å². The lowest BCUT2D eigenvalue weighted by Crippen LogP contribution is -2.34. The summed E-state index contributed by atoms with van der Waals surface area (Å²) in [4.78, 5) is -0.339. The molecule has 102 valence electrons. The molecule has 1 aliphatic rings. The SMILES string of the molecule is CC(F)(F)CC(Br)C1(c2ccccc2)C=CC=CS1. The predicted octanol–water partition coefficient (Wildman–Crippen LogP) is 5.51. The molecule has 4 heteroatoms. The number of hydrogen-bond donors (Lipinski definition) is 0. The van der Waals surface area contributed by atoms with Crippen molar-refractivity contribution < 1.29 is 8.78 Å². The quantitative estimate of drug-likeness (QED) is 0.649. The van der Waals surface area contributed by atoms with Gasteiger partial charge in [0.2, 0.25) is 5.92 Å². The third-order valence-electron chi connectivity index (χ3n) is 3.02. The molecule has 2 atom stereocenters. The van der Waals surface area contributed by atoms with Crippen LogP contribution in [0.25, 0.3) is 0 Å². The Morgan fingerprint density at radius 2 is 1.95 bits per heavy atom. The van der Waals surface area contributed by atoms with Crippen LogP contribution in [0.3, 0.4) is 0 Å². The van der Waals surface area contributed by atoms with E-state index in [1.54, 1.807) is 11.8 Å². The number of halogens is 3. The van der Waals surface area contributed by atoms with Gasteiger partial charge in [-0.3, -0.25) is 0 Å². The van der Waals surface area contributed by atoms with E-state index >= 15 is 0 Å². The van der Waals surface area contributed by atoms with Gasteiger partial charge in [-0.1, -0.05) is 64.5 Å². The first-order chi connectivity index (χ1) is 8.94. The van der Waals surface area contributed by atoms with Crippen molar-refractivity contribution in [1.82, 2.24) is 0 Å². The van der Waals surface area contributed by atoms with Crippen LogP contribution >= 0.6 is 27.7 Å². The standard InChI is InChI=1S/C15H15BrF2S/c1-14(17,18)11-13(16)15(9-5-6-10-19-15)12-7-3-2-4-8-12/h2-10,13H,11H2,1H3. The molecule has 0 saturated heterocycles. The minimum atomic E-state index is -2.69. The average molecular weight is 345 g/mol. The highest BCUT2D eigenvalue weighted by molar-refractivity contribution is 9.09. The van der Waals surface area contributed by atoms with Crippen molar-refractivity contribution in [2.45, 2.75) is 28.8 Å². The molecular weight excluding hydrogens is 330 g/mol. The fourth-order valence-electron chi connectivity index (χ4n) is 2.12. The number of benzene rings is 1. The molecule has 0 spiro atoms. The average Bonchev–Trinajstić information content (AvgIpc) is 2.38. The van der Waals surface area contributed by atoms with Crippen LogP contribution < -0.4 is 0 Å². The summed E-state index contributed by atoms with van der Waals surface area (Å²) in [6.45, 7) is 0.965. The number of alkyl halides is 3. The molecule has 1 aromatic carbocycles. The zero-order chi connectivity index (χ0) is 13.9. The van der Waals surface area contributed by atoms with Crippen LogP contribution in [-0.4, -0.2) is 10.7 Å². The van der Waals surface area contributed by atoms with Gasteiger partial charge in [0.15, 0.2) is 0 Å². The molecule has 0 amide bonds. The lowest BCUT2D eigenvalue weighted by molar-refractivity contribution is 0.0116. The highest BCUT2D eigenvalue weighted by atomic mass is 79.9. The number of thioether (sulfide) groups is 1. The second-order valence-corrected chi connectivity index (χ2v) is 7.00. The van der Waals surface area contributed by atoms with Crippen molar-refractivity contribution in [2.75, 3.05) is 0 Å². The zero-order valence-corrected chi connectivity index (χ0v) is 12.9. The summed E-state index contributed by atoms with van der Waals surface area (Å²) in [5.74, 6) is -2.69. The molecule has 0 saturated carbocycles. The van der Waals surface area contributed by atoms with E-state index in [-0.39, 0.29) is 11.2 Å². The summed E-state index contributed by atoms with van der Waals surface area (Å²) in [7, 11) is 0. The Morgan fingerprint density at radius 3 is 2.47 bits per heavy atom. The Balaban J connectivity index is 2.36. The van der Waals surface area contributed by atoms with Crippen molar-refractivity contribution in [3.8, 4) is 0 Å². The van der Waals surface area contributed by atoms with E-state index in [1.165, 1.54) is 0 Å². The molecule has 0 radical (unpaired) electrons. The monoisotopic (exact) mass is 344 g/mol. The van der Waals surface area contributed by atoms with Gasteiger partial charge >= 0.3 is 0 Å². The molecular formula is C15H15BrF2S. The topological polar surface area (TPSA) is 0 Å². The zero-order valence-electron chi connectivity index (χ0n) is 10.5. The minimum Gasteiger partial charge on any atom is -0.207 e. The summed E-state index contributed by atoms with van der Waals surface area (Å²) < 4.78 is 26.2. The largest absolute Gasteiger partial charge is 0.246 e. The van der Waals surface area contributed by atoms with Gasteiger partial charge in [-0.15, -0.1) is 11.8 Å². The van der Waals surface area contributed by atoms with Gasteiger partial charge in [0.25, 0.3) is 0 Å². The minimum absolute atomic E-state index is 0.201. The molecule has 0 aromatic heterocycles. The summed E-state index contributed by atoms with van der Waals surface area (Å²) in [5, 5.41) is 1.95. The van der Waals surface area contributed by atoms with E-state index in [0.717, 1.165) is 12.5 Å². The van der Waals surface area contributed by atoms with Crippen molar-refractivity contribution in [1.29, 1.82) is 0 Å². The number of hydrogen-bond acceptors (Lipinski definition) is 1. The van der Waals surface area contributed by atoms with Crippen molar-refractivity contribution >= 4 is 27.7 Å². The van der Waals surface area contributed by atoms with Crippen LogP contribution in [0.15, 0.2) is 54.0 Å². The number of rotatable bonds is 4. The first kappa shape index (κ1) is 14.8. The molecule has 0 bridgehead atoms. The smallest absolute Gasteiger partial charge is 0.207 e. The second kappa shape index (κ2) is 5.80. The molecule has 0 nitrogen and oxygen atoms in total. The Hall–Kier alpha value is -0.610. The van der Waals surface area contributed by atoms with Gasteiger partial charge in [-0.05, 0) is 17.9 Å². The summed E-state index contributed by atoms with van der Waals surface area (Å²) in [5.41, 5.74) is 1.03. The van der Waals surface area contributed by atoms with E-state index in [0.29, 0.717) is 0 Å². The van der Waals surface area contributed by atoms with E-state index < -0.39 is 10.7 Å². The molecule has 1 aliphatic heterocycles. The molecule has 0 aliphatic carbocycles. The molecule has 2 unspecified atom stereocenters. The van der Waals surface area contributed by atoms with Gasteiger partial charge in [0.1, 0.15) is 0 Å². The van der Waals surface area contributed by atoms with E-state index in [2.05, 4.69) is 15.9 Å². The van der Waals surface area contributed by atoms with E-state index in [9.17, 15) is 8.78 Å². The Morgan fingerprint density at radius 1 is 1.26 bits per heavy atom. The molecule has 19 heavy (non-hydrogen) atoms.